The van der Waals surface area contributed by atoms with E-state index in [1.54, 1.807) is 7.11 Å². The van der Waals surface area contributed by atoms with E-state index in [9.17, 15) is 4.79 Å². The highest BCUT2D eigenvalue weighted by molar-refractivity contribution is 5.67. The number of hydrogen-bond donors (Lipinski definition) is 1. The van der Waals surface area contributed by atoms with Crippen LogP contribution in [0.5, 0.6) is 0 Å². The molecule has 5 nitrogen and oxygen atoms in total. The number of carboxylic acid groups (broad SMARTS) is 1. The van der Waals surface area contributed by atoms with Gasteiger partial charge in [-0.1, -0.05) is 0 Å². The van der Waals surface area contributed by atoms with Crippen molar-refractivity contribution in [3.8, 4) is 0 Å². The molecule has 2 rings (SSSR count). The van der Waals surface area contributed by atoms with Crippen LogP contribution in [0.4, 0.5) is 0 Å². The van der Waals surface area contributed by atoms with Gasteiger partial charge in [-0.15, -0.1) is 0 Å². The summed E-state index contributed by atoms with van der Waals surface area (Å²) >= 11 is 0. The van der Waals surface area contributed by atoms with Gasteiger partial charge < -0.3 is 14.6 Å². The number of morpholine rings is 1. The maximum absolute atomic E-state index is 10.9. The smallest absolute Gasteiger partial charge is 0.305 e. The van der Waals surface area contributed by atoms with Crippen LogP contribution < -0.4 is 0 Å². The van der Waals surface area contributed by atoms with Gasteiger partial charge in [0.25, 0.3) is 0 Å². The molecule has 5 heteroatoms. The molecule has 0 aromatic rings. The average molecular weight is 243 g/mol. The second-order valence-corrected chi connectivity index (χ2v) is 4.92. The summed E-state index contributed by atoms with van der Waals surface area (Å²) in [4.78, 5) is 13.2. The minimum absolute atomic E-state index is 0.00185. The van der Waals surface area contributed by atoms with Gasteiger partial charge in [-0.2, -0.15) is 0 Å². The normalized spacial score (nSPS) is 27.9. The molecule has 2 atom stereocenters. The van der Waals surface area contributed by atoms with E-state index in [-0.39, 0.29) is 12.5 Å². The minimum atomic E-state index is -0.752. The molecule has 1 saturated heterocycles. The molecule has 0 aromatic heterocycles. The fourth-order valence-electron chi connectivity index (χ4n) is 2.64. The molecule has 2 unspecified atom stereocenters. The van der Waals surface area contributed by atoms with Gasteiger partial charge in [-0.05, 0) is 18.8 Å². The van der Waals surface area contributed by atoms with Crippen molar-refractivity contribution in [2.45, 2.75) is 31.3 Å². The van der Waals surface area contributed by atoms with Gasteiger partial charge in [0, 0.05) is 25.7 Å². The van der Waals surface area contributed by atoms with E-state index in [1.165, 1.54) is 12.8 Å². The lowest BCUT2D eigenvalue weighted by Crippen LogP contribution is -2.53. The Morgan fingerprint density at radius 1 is 1.59 bits per heavy atom. The van der Waals surface area contributed by atoms with Gasteiger partial charge >= 0.3 is 5.97 Å². The molecule has 0 aromatic carbocycles. The van der Waals surface area contributed by atoms with E-state index >= 15 is 0 Å². The minimum Gasteiger partial charge on any atom is -0.481 e. The lowest BCUT2D eigenvalue weighted by Gasteiger charge is -2.40. The molecule has 0 radical (unpaired) electrons. The van der Waals surface area contributed by atoms with Crippen molar-refractivity contribution < 1.29 is 19.4 Å². The number of ether oxygens (including phenoxy) is 2. The van der Waals surface area contributed by atoms with E-state index in [2.05, 4.69) is 4.90 Å². The van der Waals surface area contributed by atoms with Gasteiger partial charge in [-0.3, -0.25) is 9.69 Å². The number of rotatable bonds is 6. The molecule has 1 heterocycles. The maximum atomic E-state index is 10.9. The predicted molar refractivity (Wildman–Crippen MR) is 62.0 cm³/mol. The van der Waals surface area contributed by atoms with E-state index in [1.807, 2.05) is 0 Å². The summed E-state index contributed by atoms with van der Waals surface area (Å²) in [7, 11) is 1.71. The van der Waals surface area contributed by atoms with Crippen LogP contribution in [0, 0.1) is 5.92 Å². The number of carboxylic acids is 1. The van der Waals surface area contributed by atoms with Gasteiger partial charge in [-0.25, -0.2) is 0 Å². The lowest BCUT2D eigenvalue weighted by molar-refractivity contribution is -0.141. The fraction of sp³-hybridized carbons (Fsp3) is 0.917. The first-order chi connectivity index (χ1) is 8.22. The Morgan fingerprint density at radius 2 is 2.35 bits per heavy atom. The molecular formula is C12H21NO4. The van der Waals surface area contributed by atoms with Crippen molar-refractivity contribution in [2.75, 3.05) is 33.5 Å². The van der Waals surface area contributed by atoms with Crippen LogP contribution in [0.3, 0.4) is 0 Å². The first kappa shape index (κ1) is 12.8. The van der Waals surface area contributed by atoms with Gasteiger partial charge in [0.1, 0.15) is 0 Å². The van der Waals surface area contributed by atoms with Crippen molar-refractivity contribution >= 4 is 5.97 Å². The van der Waals surface area contributed by atoms with Gasteiger partial charge in [0.2, 0.25) is 0 Å². The van der Waals surface area contributed by atoms with Crippen molar-refractivity contribution in [1.82, 2.24) is 4.90 Å². The first-order valence-electron chi connectivity index (χ1n) is 6.26. The molecule has 0 bridgehead atoms. The number of carbonyl (C=O) groups is 1. The monoisotopic (exact) mass is 243 g/mol. The van der Waals surface area contributed by atoms with E-state index < -0.39 is 5.97 Å². The second kappa shape index (κ2) is 5.80. The van der Waals surface area contributed by atoms with Gasteiger partial charge in [0.05, 0.1) is 26.2 Å². The summed E-state index contributed by atoms with van der Waals surface area (Å²) in [5.74, 6) is -0.0678. The van der Waals surface area contributed by atoms with Crippen LogP contribution in [-0.2, 0) is 14.3 Å². The van der Waals surface area contributed by atoms with Crippen LogP contribution in [0.1, 0.15) is 19.3 Å². The predicted octanol–water partition coefficient (Wildman–Crippen LogP) is 0.587. The topological polar surface area (TPSA) is 59.0 Å². The molecule has 17 heavy (non-hydrogen) atoms. The van der Waals surface area contributed by atoms with Crippen molar-refractivity contribution in [1.29, 1.82) is 0 Å². The average Bonchev–Trinajstić information content (AvgIpc) is 3.10. The van der Waals surface area contributed by atoms with Crippen LogP contribution in [0.25, 0.3) is 0 Å². The summed E-state index contributed by atoms with van der Waals surface area (Å²) in [5.41, 5.74) is 0. The number of nitrogens with zero attached hydrogens (tertiary/aromatic N) is 1. The zero-order chi connectivity index (χ0) is 12.3. The Balaban J connectivity index is 1.99. The van der Waals surface area contributed by atoms with Crippen LogP contribution in [0.15, 0.2) is 0 Å². The number of hydrogen-bond acceptors (Lipinski definition) is 4. The largest absolute Gasteiger partial charge is 0.481 e. The third kappa shape index (κ3) is 3.40. The molecule has 98 valence electrons. The molecule has 1 saturated carbocycles. The van der Waals surface area contributed by atoms with Crippen LogP contribution in [0.2, 0.25) is 0 Å². The Labute approximate surface area is 102 Å². The SMILES string of the molecule is COCC(C1CC1)N1CCOCC1CC(=O)O. The molecular weight excluding hydrogens is 222 g/mol. The summed E-state index contributed by atoms with van der Waals surface area (Å²) in [6.07, 6.45) is 2.64. The summed E-state index contributed by atoms with van der Waals surface area (Å²) in [6, 6.07) is 0.371. The molecule has 1 aliphatic heterocycles. The first-order valence-corrected chi connectivity index (χ1v) is 6.26. The van der Waals surface area contributed by atoms with Crippen molar-refractivity contribution in [2.24, 2.45) is 5.92 Å². The standard InChI is InChI=1S/C12H21NO4/c1-16-8-11(9-2-3-9)13-4-5-17-7-10(13)6-12(14)15/h9-11H,2-8H2,1H3,(H,14,15). The third-order valence-corrected chi connectivity index (χ3v) is 3.61. The Hall–Kier alpha value is -0.650. The second-order valence-electron chi connectivity index (χ2n) is 4.92. The van der Waals surface area contributed by atoms with Crippen LogP contribution in [-0.4, -0.2) is 61.5 Å². The Morgan fingerprint density at radius 3 is 2.94 bits per heavy atom. The maximum Gasteiger partial charge on any atom is 0.305 e. The highest BCUT2D eigenvalue weighted by atomic mass is 16.5. The fourth-order valence-corrected chi connectivity index (χ4v) is 2.64. The highest BCUT2D eigenvalue weighted by Gasteiger charge is 2.39. The van der Waals surface area contributed by atoms with Gasteiger partial charge in [0.15, 0.2) is 0 Å². The molecule has 1 aliphatic carbocycles. The summed E-state index contributed by atoms with van der Waals surface area (Å²) in [5, 5.41) is 8.94. The number of aliphatic carboxylic acids is 1. The van der Waals surface area contributed by atoms with Crippen molar-refractivity contribution in [3.63, 3.8) is 0 Å². The zero-order valence-electron chi connectivity index (χ0n) is 10.3. The number of methoxy groups -OCH3 is 1. The Kier molecular flexibility index (Phi) is 4.36. The van der Waals surface area contributed by atoms with E-state index in [0.717, 1.165) is 6.54 Å². The Bertz CT molecular complexity index is 267. The molecule has 2 fully saturated rings. The molecule has 2 aliphatic rings. The summed E-state index contributed by atoms with van der Waals surface area (Å²) in [6.45, 7) is 2.74. The lowest BCUT2D eigenvalue weighted by atomic mass is 10.1. The van der Waals surface area contributed by atoms with Crippen molar-refractivity contribution in [3.05, 3.63) is 0 Å². The summed E-state index contributed by atoms with van der Waals surface area (Å²) < 4.78 is 10.7. The quantitative estimate of drug-likeness (QED) is 0.739. The van der Waals surface area contributed by atoms with E-state index in [0.29, 0.717) is 31.8 Å². The third-order valence-electron chi connectivity index (χ3n) is 3.61. The zero-order valence-corrected chi connectivity index (χ0v) is 10.3. The molecule has 0 amide bonds. The molecule has 0 spiro atoms. The van der Waals surface area contributed by atoms with E-state index in [4.69, 9.17) is 14.6 Å². The van der Waals surface area contributed by atoms with Crippen LogP contribution >= 0.6 is 0 Å². The molecule has 1 N–H and O–H groups in total. The highest BCUT2D eigenvalue weighted by Crippen LogP contribution is 2.37.